The van der Waals surface area contributed by atoms with E-state index in [0.717, 1.165) is 0 Å². The highest BCUT2D eigenvalue weighted by molar-refractivity contribution is 5.54. The van der Waals surface area contributed by atoms with E-state index in [1.54, 1.807) is 0 Å². The van der Waals surface area contributed by atoms with Gasteiger partial charge in [-0.05, 0) is 41.4 Å². The summed E-state index contributed by atoms with van der Waals surface area (Å²) in [6.07, 6.45) is 4.37. The molecule has 0 heteroatoms. The van der Waals surface area contributed by atoms with Crippen molar-refractivity contribution in [3.8, 4) is 0 Å². The third kappa shape index (κ3) is 2.75. The lowest BCUT2D eigenvalue weighted by Crippen LogP contribution is -1.98. The third-order valence-corrected chi connectivity index (χ3v) is 3.66. The number of rotatable bonds is 5. The molecule has 0 saturated heterocycles. The number of hydrogen-bond donors (Lipinski definition) is 0. The molecule has 0 aliphatic heterocycles. The van der Waals surface area contributed by atoms with Crippen LogP contribution in [0.4, 0.5) is 0 Å². The van der Waals surface area contributed by atoms with Crippen molar-refractivity contribution in [3.63, 3.8) is 0 Å². The van der Waals surface area contributed by atoms with Crippen LogP contribution in [-0.4, -0.2) is 0 Å². The average Bonchev–Trinajstić information content (AvgIpc) is 2.35. The Morgan fingerprint density at radius 1 is 1.12 bits per heavy atom. The maximum Gasteiger partial charge on any atom is -0.0187 e. The summed E-state index contributed by atoms with van der Waals surface area (Å²) in [7, 11) is 0. The molecule has 1 aromatic carbocycles. The molecular formula is C16H24. The smallest absolute Gasteiger partial charge is 0.0187 e. The van der Waals surface area contributed by atoms with Crippen LogP contribution in [0.25, 0.3) is 6.08 Å². The van der Waals surface area contributed by atoms with Crippen LogP contribution in [0, 0.1) is 0 Å². The summed E-state index contributed by atoms with van der Waals surface area (Å²) in [4.78, 5) is 0. The minimum absolute atomic E-state index is 0.624. The molecule has 0 radical (unpaired) electrons. The van der Waals surface area contributed by atoms with Gasteiger partial charge >= 0.3 is 0 Å². The molecule has 0 fully saturated rings. The fourth-order valence-electron chi connectivity index (χ4n) is 1.98. The largest absolute Gasteiger partial charge is 0.0985 e. The van der Waals surface area contributed by atoms with E-state index in [9.17, 15) is 0 Å². The summed E-state index contributed by atoms with van der Waals surface area (Å²) in [5.41, 5.74) is 4.18. The first-order valence-electron chi connectivity index (χ1n) is 6.40. The van der Waals surface area contributed by atoms with Gasteiger partial charge in [0.05, 0.1) is 0 Å². The van der Waals surface area contributed by atoms with Gasteiger partial charge in [-0.25, -0.2) is 0 Å². The molecule has 0 saturated carbocycles. The maximum absolute atomic E-state index is 3.93. The van der Waals surface area contributed by atoms with E-state index in [4.69, 9.17) is 0 Å². The van der Waals surface area contributed by atoms with Gasteiger partial charge in [0.15, 0.2) is 0 Å². The predicted molar refractivity (Wildman–Crippen MR) is 73.9 cm³/mol. The van der Waals surface area contributed by atoms with Crippen LogP contribution in [0.15, 0.2) is 24.8 Å². The highest BCUT2D eigenvalue weighted by atomic mass is 14.1. The van der Waals surface area contributed by atoms with E-state index < -0.39 is 0 Å². The van der Waals surface area contributed by atoms with Crippen LogP contribution >= 0.6 is 0 Å². The first-order valence-corrected chi connectivity index (χ1v) is 6.40. The molecule has 0 aliphatic carbocycles. The fraction of sp³-hybridized carbons (Fsp3) is 0.500. The summed E-state index contributed by atoms with van der Waals surface area (Å²) in [6, 6.07) is 6.87. The summed E-state index contributed by atoms with van der Waals surface area (Å²) in [6.45, 7) is 13.0. The van der Waals surface area contributed by atoms with Crippen molar-refractivity contribution in [2.75, 3.05) is 0 Å². The molecule has 1 aromatic rings. The van der Waals surface area contributed by atoms with Gasteiger partial charge in [-0.15, -0.1) is 0 Å². The molecule has 0 aromatic heterocycles. The van der Waals surface area contributed by atoms with Gasteiger partial charge in [0, 0.05) is 0 Å². The van der Waals surface area contributed by atoms with Crippen molar-refractivity contribution in [1.29, 1.82) is 0 Å². The predicted octanol–water partition coefficient (Wildman–Crippen LogP) is 5.36. The minimum atomic E-state index is 0.624. The van der Waals surface area contributed by atoms with Crippen molar-refractivity contribution in [3.05, 3.63) is 41.5 Å². The van der Waals surface area contributed by atoms with Gasteiger partial charge in [0.25, 0.3) is 0 Å². The summed E-state index contributed by atoms with van der Waals surface area (Å²) < 4.78 is 0. The second-order valence-electron chi connectivity index (χ2n) is 4.71. The second kappa shape index (κ2) is 5.89. The zero-order valence-corrected chi connectivity index (χ0v) is 11.1. The standard InChI is InChI=1S/C16H24/c1-6-12(4)15-9-10-16(13(5)7-2)14(8-3)11-15/h8-13H,3,6-7H2,1-2,4-5H3. The van der Waals surface area contributed by atoms with Crippen molar-refractivity contribution in [1.82, 2.24) is 0 Å². The van der Waals surface area contributed by atoms with E-state index in [-0.39, 0.29) is 0 Å². The van der Waals surface area contributed by atoms with Crippen molar-refractivity contribution in [2.24, 2.45) is 0 Å². The van der Waals surface area contributed by atoms with Gasteiger partial charge in [-0.1, -0.05) is 58.5 Å². The van der Waals surface area contributed by atoms with E-state index in [1.807, 2.05) is 6.08 Å². The normalized spacial score (nSPS) is 14.5. The third-order valence-electron chi connectivity index (χ3n) is 3.66. The molecule has 2 atom stereocenters. The lowest BCUT2D eigenvalue weighted by atomic mass is 9.89. The van der Waals surface area contributed by atoms with Gasteiger partial charge in [-0.2, -0.15) is 0 Å². The monoisotopic (exact) mass is 216 g/mol. The molecule has 1 rings (SSSR count). The number of benzene rings is 1. The lowest BCUT2D eigenvalue weighted by molar-refractivity contribution is 0.718. The Balaban J connectivity index is 3.11. The zero-order chi connectivity index (χ0) is 12.1. The Bertz CT molecular complexity index is 349. The highest BCUT2D eigenvalue weighted by Crippen LogP contribution is 2.28. The molecular weight excluding hydrogens is 192 g/mol. The Morgan fingerprint density at radius 3 is 2.25 bits per heavy atom. The van der Waals surface area contributed by atoms with Crippen molar-refractivity contribution in [2.45, 2.75) is 52.4 Å². The van der Waals surface area contributed by atoms with E-state index in [1.165, 1.54) is 29.5 Å². The molecule has 0 heterocycles. The van der Waals surface area contributed by atoms with E-state index in [2.05, 4.69) is 52.5 Å². The first kappa shape index (κ1) is 13.0. The van der Waals surface area contributed by atoms with Gasteiger partial charge < -0.3 is 0 Å². The van der Waals surface area contributed by atoms with Crippen molar-refractivity contribution < 1.29 is 0 Å². The van der Waals surface area contributed by atoms with E-state index >= 15 is 0 Å². The van der Waals surface area contributed by atoms with Crippen LogP contribution < -0.4 is 0 Å². The van der Waals surface area contributed by atoms with Crippen LogP contribution in [-0.2, 0) is 0 Å². The zero-order valence-electron chi connectivity index (χ0n) is 11.1. The quantitative estimate of drug-likeness (QED) is 0.622. The molecule has 16 heavy (non-hydrogen) atoms. The molecule has 0 aliphatic rings. The molecule has 0 amide bonds. The second-order valence-corrected chi connectivity index (χ2v) is 4.71. The molecule has 0 nitrogen and oxygen atoms in total. The maximum atomic E-state index is 3.93. The molecule has 0 spiro atoms. The molecule has 0 bridgehead atoms. The molecule has 2 unspecified atom stereocenters. The van der Waals surface area contributed by atoms with E-state index in [0.29, 0.717) is 11.8 Å². The molecule has 88 valence electrons. The van der Waals surface area contributed by atoms with Gasteiger partial charge in [0.1, 0.15) is 0 Å². The lowest BCUT2D eigenvalue weighted by Gasteiger charge is -2.16. The van der Waals surface area contributed by atoms with Crippen molar-refractivity contribution >= 4 is 6.08 Å². The van der Waals surface area contributed by atoms with Crippen LogP contribution in [0.3, 0.4) is 0 Å². The topological polar surface area (TPSA) is 0 Å². The Labute approximate surface area is 100 Å². The van der Waals surface area contributed by atoms with Gasteiger partial charge in [0.2, 0.25) is 0 Å². The van der Waals surface area contributed by atoms with Gasteiger partial charge in [-0.3, -0.25) is 0 Å². The average molecular weight is 216 g/mol. The van der Waals surface area contributed by atoms with Crippen LogP contribution in [0.2, 0.25) is 0 Å². The first-order chi connectivity index (χ1) is 7.63. The SMILES string of the molecule is C=Cc1cc(C(C)CC)ccc1C(C)CC. The highest BCUT2D eigenvalue weighted by Gasteiger charge is 2.10. The van der Waals surface area contributed by atoms with Crippen LogP contribution in [0.1, 0.15) is 69.1 Å². The molecule has 0 N–H and O–H groups in total. The number of hydrogen-bond acceptors (Lipinski definition) is 0. The Morgan fingerprint density at radius 2 is 1.75 bits per heavy atom. The summed E-state index contributed by atoms with van der Waals surface area (Å²) in [5, 5.41) is 0. The van der Waals surface area contributed by atoms with Crippen LogP contribution in [0.5, 0.6) is 0 Å². The Hall–Kier alpha value is -1.04. The summed E-state index contributed by atoms with van der Waals surface area (Å²) in [5.74, 6) is 1.27. The summed E-state index contributed by atoms with van der Waals surface area (Å²) >= 11 is 0. The fourth-order valence-corrected chi connectivity index (χ4v) is 1.98. The minimum Gasteiger partial charge on any atom is -0.0985 e. The Kier molecular flexibility index (Phi) is 4.79.